The number of H-pyrrole nitrogens is 1. The maximum atomic E-state index is 13.0. The fourth-order valence-electron chi connectivity index (χ4n) is 1.10. The van der Waals surface area contributed by atoms with Gasteiger partial charge in [-0.1, -0.05) is 6.07 Å². The number of hydrogen-bond donors (Lipinski definition) is 2. The Kier molecular flexibility index (Phi) is 1.51. The van der Waals surface area contributed by atoms with Crippen LogP contribution < -0.4 is 0 Å². The van der Waals surface area contributed by atoms with E-state index in [2.05, 4.69) is 9.97 Å². The first kappa shape index (κ1) is 7.72. The van der Waals surface area contributed by atoms with Crippen molar-refractivity contribution >= 4 is 17.0 Å². The molecule has 0 unspecified atom stereocenters. The van der Waals surface area contributed by atoms with Crippen LogP contribution in [0.5, 0.6) is 0 Å². The van der Waals surface area contributed by atoms with Gasteiger partial charge < -0.3 is 10.1 Å². The summed E-state index contributed by atoms with van der Waals surface area (Å²) in [5, 5.41) is 8.56. The summed E-state index contributed by atoms with van der Waals surface area (Å²) < 4.78 is 13.0. The predicted octanol–water partition coefficient (Wildman–Crippen LogP) is 1.40. The maximum absolute atomic E-state index is 13.0. The van der Waals surface area contributed by atoms with E-state index in [1.807, 2.05) is 0 Å². The van der Waals surface area contributed by atoms with Crippen LogP contribution in [0.25, 0.3) is 11.0 Å². The summed E-state index contributed by atoms with van der Waals surface area (Å²) in [6.45, 7) is 0. The number of aromatic nitrogens is 2. The van der Waals surface area contributed by atoms with E-state index >= 15 is 0 Å². The second-order valence-corrected chi connectivity index (χ2v) is 2.52. The number of carboxylic acid groups (broad SMARTS) is 1. The first-order valence-corrected chi connectivity index (χ1v) is 3.56. The summed E-state index contributed by atoms with van der Waals surface area (Å²) >= 11 is 0. The summed E-state index contributed by atoms with van der Waals surface area (Å²) in [5.74, 6) is -1.95. The van der Waals surface area contributed by atoms with E-state index in [9.17, 15) is 9.18 Å². The van der Waals surface area contributed by atoms with Crippen molar-refractivity contribution in [2.24, 2.45) is 0 Å². The third-order valence-corrected chi connectivity index (χ3v) is 1.67. The molecule has 0 fully saturated rings. The highest BCUT2D eigenvalue weighted by atomic mass is 19.1. The van der Waals surface area contributed by atoms with E-state index in [0.29, 0.717) is 5.52 Å². The van der Waals surface area contributed by atoms with E-state index in [1.54, 1.807) is 6.07 Å². The van der Waals surface area contributed by atoms with Crippen molar-refractivity contribution in [3.63, 3.8) is 0 Å². The van der Waals surface area contributed by atoms with Crippen molar-refractivity contribution in [3.05, 3.63) is 29.8 Å². The topological polar surface area (TPSA) is 66.0 Å². The summed E-state index contributed by atoms with van der Waals surface area (Å²) in [7, 11) is 0. The van der Waals surface area contributed by atoms with Gasteiger partial charge in [0.05, 0.1) is 5.52 Å². The predicted molar refractivity (Wildman–Crippen MR) is 43.0 cm³/mol. The lowest BCUT2D eigenvalue weighted by molar-refractivity contribution is 0.0685. The molecule has 0 bridgehead atoms. The molecule has 0 aliphatic rings. The Bertz CT molecular complexity index is 478. The normalized spacial score (nSPS) is 10.5. The van der Waals surface area contributed by atoms with Crippen LogP contribution in [0.4, 0.5) is 4.39 Å². The van der Waals surface area contributed by atoms with Crippen LogP contribution in [0.3, 0.4) is 0 Å². The Morgan fingerprint density at radius 2 is 2.31 bits per heavy atom. The lowest BCUT2D eigenvalue weighted by atomic mass is 10.3. The van der Waals surface area contributed by atoms with Crippen molar-refractivity contribution in [2.45, 2.75) is 0 Å². The van der Waals surface area contributed by atoms with Gasteiger partial charge in [-0.05, 0) is 12.1 Å². The Morgan fingerprint density at radius 1 is 1.54 bits per heavy atom. The first-order valence-electron chi connectivity index (χ1n) is 3.56. The largest absolute Gasteiger partial charge is 0.475 e. The minimum absolute atomic E-state index is 0.125. The number of aromatic amines is 1. The number of benzene rings is 1. The molecule has 0 saturated heterocycles. The van der Waals surface area contributed by atoms with E-state index in [4.69, 9.17) is 5.11 Å². The van der Waals surface area contributed by atoms with Crippen LogP contribution in [0.1, 0.15) is 10.6 Å². The van der Waals surface area contributed by atoms with Gasteiger partial charge in [0.2, 0.25) is 5.82 Å². The SMILES string of the molecule is O=C(O)c1nc2cccc(F)c2[nH]1. The number of fused-ring (bicyclic) bond motifs is 1. The number of hydrogen-bond acceptors (Lipinski definition) is 2. The molecule has 1 aromatic carbocycles. The van der Waals surface area contributed by atoms with Crippen LogP contribution in [0, 0.1) is 5.82 Å². The number of imidazole rings is 1. The zero-order chi connectivity index (χ0) is 9.42. The third kappa shape index (κ3) is 1.14. The molecule has 0 aliphatic carbocycles. The Labute approximate surface area is 72.0 Å². The summed E-state index contributed by atoms with van der Waals surface area (Å²) in [6, 6.07) is 4.26. The molecule has 13 heavy (non-hydrogen) atoms. The number of nitrogens with zero attached hydrogens (tertiary/aromatic N) is 1. The number of halogens is 1. The Balaban J connectivity index is 2.75. The second kappa shape index (κ2) is 2.55. The zero-order valence-electron chi connectivity index (χ0n) is 6.41. The standard InChI is InChI=1S/C8H5FN2O2/c9-4-2-1-3-5-6(4)11-7(10-5)8(12)13/h1-3H,(H,10,11)(H,12,13). The molecule has 0 saturated carbocycles. The molecule has 1 aromatic heterocycles. The summed E-state index contributed by atoms with van der Waals surface area (Å²) in [4.78, 5) is 16.5. The third-order valence-electron chi connectivity index (χ3n) is 1.67. The average molecular weight is 180 g/mol. The minimum Gasteiger partial charge on any atom is -0.475 e. The number of aromatic carboxylic acids is 1. The van der Waals surface area contributed by atoms with E-state index in [0.717, 1.165) is 0 Å². The molecule has 4 nitrogen and oxygen atoms in total. The van der Waals surface area contributed by atoms with Gasteiger partial charge in [0.1, 0.15) is 11.3 Å². The second-order valence-electron chi connectivity index (χ2n) is 2.52. The maximum Gasteiger partial charge on any atom is 0.371 e. The number of carboxylic acids is 1. The minimum atomic E-state index is -1.20. The van der Waals surface area contributed by atoms with Crippen LogP contribution in [-0.4, -0.2) is 21.0 Å². The highest BCUT2D eigenvalue weighted by molar-refractivity contribution is 5.88. The zero-order valence-corrected chi connectivity index (χ0v) is 6.41. The van der Waals surface area contributed by atoms with Gasteiger partial charge in [-0.15, -0.1) is 0 Å². The number of carbonyl (C=O) groups is 1. The van der Waals surface area contributed by atoms with Crippen LogP contribution >= 0.6 is 0 Å². The van der Waals surface area contributed by atoms with Crippen molar-refractivity contribution in [2.75, 3.05) is 0 Å². The van der Waals surface area contributed by atoms with E-state index in [1.165, 1.54) is 12.1 Å². The Hall–Kier alpha value is -1.91. The highest BCUT2D eigenvalue weighted by Crippen LogP contribution is 2.14. The highest BCUT2D eigenvalue weighted by Gasteiger charge is 2.11. The molecule has 5 heteroatoms. The summed E-state index contributed by atoms with van der Waals surface area (Å²) in [5.41, 5.74) is 0.442. The van der Waals surface area contributed by atoms with Crippen molar-refractivity contribution in [3.8, 4) is 0 Å². The lowest BCUT2D eigenvalue weighted by Crippen LogP contribution is -1.97. The lowest BCUT2D eigenvalue weighted by Gasteiger charge is -1.87. The number of nitrogens with one attached hydrogen (secondary N) is 1. The fourth-order valence-corrected chi connectivity index (χ4v) is 1.10. The van der Waals surface area contributed by atoms with Gasteiger partial charge in [0, 0.05) is 0 Å². The quantitative estimate of drug-likeness (QED) is 0.697. The Morgan fingerprint density at radius 3 is 2.92 bits per heavy atom. The van der Waals surface area contributed by atoms with Crippen molar-refractivity contribution in [1.29, 1.82) is 0 Å². The molecular formula is C8H5FN2O2. The molecule has 0 radical (unpaired) electrons. The first-order chi connectivity index (χ1) is 6.18. The molecule has 2 N–H and O–H groups in total. The molecule has 0 amide bonds. The summed E-state index contributed by atoms with van der Waals surface area (Å²) in [6.07, 6.45) is 0. The molecule has 2 rings (SSSR count). The fraction of sp³-hybridized carbons (Fsp3) is 0. The van der Waals surface area contributed by atoms with Crippen molar-refractivity contribution < 1.29 is 14.3 Å². The van der Waals surface area contributed by atoms with E-state index in [-0.39, 0.29) is 11.3 Å². The monoisotopic (exact) mass is 180 g/mol. The van der Waals surface area contributed by atoms with Crippen LogP contribution in [0.15, 0.2) is 18.2 Å². The van der Waals surface area contributed by atoms with Gasteiger partial charge in [-0.25, -0.2) is 14.2 Å². The molecule has 66 valence electrons. The van der Waals surface area contributed by atoms with Gasteiger partial charge >= 0.3 is 5.97 Å². The molecule has 1 heterocycles. The van der Waals surface area contributed by atoms with Gasteiger partial charge in [0.15, 0.2) is 0 Å². The van der Waals surface area contributed by atoms with Crippen LogP contribution in [0.2, 0.25) is 0 Å². The molecule has 2 aromatic rings. The average Bonchev–Trinajstić information content (AvgIpc) is 2.49. The smallest absolute Gasteiger partial charge is 0.371 e. The van der Waals surface area contributed by atoms with Gasteiger partial charge in [-0.3, -0.25) is 0 Å². The van der Waals surface area contributed by atoms with Crippen LogP contribution in [-0.2, 0) is 0 Å². The van der Waals surface area contributed by atoms with Crippen molar-refractivity contribution in [1.82, 2.24) is 9.97 Å². The molecular weight excluding hydrogens is 175 g/mol. The molecule has 0 spiro atoms. The number of para-hydroxylation sites is 1. The van der Waals surface area contributed by atoms with E-state index < -0.39 is 11.8 Å². The molecule has 0 aliphatic heterocycles. The number of rotatable bonds is 1. The van der Waals surface area contributed by atoms with Gasteiger partial charge in [-0.2, -0.15) is 0 Å². The molecule has 0 atom stereocenters. The van der Waals surface area contributed by atoms with Gasteiger partial charge in [0.25, 0.3) is 0 Å².